The van der Waals surface area contributed by atoms with Crippen LogP contribution < -0.4 is 5.32 Å². The number of hydrogen-bond donors (Lipinski definition) is 1. The maximum absolute atomic E-state index is 12.3. The molecule has 1 amide bonds. The fourth-order valence-corrected chi connectivity index (χ4v) is 3.52. The number of nitrogens with zero attached hydrogens (tertiary/aromatic N) is 2. The molecule has 4 nitrogen and oxygen atoms in total. The number of carbonyl (C=O) groups excluding carboxylic acids is 1. The van der Waals surface area contributed by atoms with E-state index >= 15 is 0 Å². The zero-order chi connectivity index (χ0) is 16.4. The van der Waals surface area contributed by atoms with Gasteiger partial charge >= 0.3 is 0 Å². The normalized spacial score (nSPS) is 12.1. The minimum atomic E-state index is -0.163. The number of halogens is 1. The predicted molar refractivity (Wildman–Crippen MR) is 93.5 cm³/mol. The van der Waals surface area contributed by atoms with Gasteiger partial charge in [-0.2, -0.15) is 5.10 Å². The Labute approximate surface area is 143 Å². The summed E-state index contributed by atoms with van der Waals surface area (Å²) in [5.41, 5.74) is 2.98. The molecule has 0 saturated heterocycles. The van der Waals surface area contributed by atoms with Gasteiger partial charge < -0.3 is 5.32 Å². The molecule has 0 unspecified atom stereocenters. The summed E-state index contributed by atoms with van der Waals surface area (Å²) in [5.74, 6) is -0.163. The second-order valence-electron chi connectivity index (χ2n) is 5.23. The quantitative estimate of drug-likeness (QED) is 0.762. The lowest BCUT2D eigenvalue weighted by Gasteiger charge is -2.14. The molecular formula is C17H16ClN3OS. The van der Waals surface area contributed by atoms with E-state index in [1.165, 1.54) is 11.3 Å². The van der Waals surface area contributed by atoms with Crippen LogP contribution in [-0.2, 0) is 0 Å². The second-order valence-corrected chi connectivity index (χ2v) is 6.55. The molecule has 0 fully saturated rings. The Morgan fingerprint density at radius 2 is 2.04 bits per heavy atom. The molecule has 3 rings (SSSR count). The van der Waals surface area contributed by atoms with Crippen LogP contribution in [0.3, 0.4) is 0 Å². The Balaban J connectivity index is 1.81. The van der Waals surface area contributed by atoms with E-state index in [1.54, 1.807) is 17.6 Å². The first kappa shape index (κ1) is 15.8. The third kappa shape index (κ3) is 3.16. The van der Waals surface area contributed by atoms with Crippen LogP contribution in [0.2, 0.25) is 5.02 Å². The number of nitrogens with one attached hydrogen (secondary N) is 1. The van der Waals surface area contributed by atoms with Crippen LogP contribution in [0.15, 0.2) is 48.0 Å². The van der Waals surface area contributed by atoms with Gasteiger partial charge in [-0.25, -0.2) is 4.68 Å². The van der Waals surface area contributed by atoms with E-state index < -0.39 is 0 Å². The molecule has 1 N–H and O–H groups in total. The number of thiophene rings is 1. The molecule has 0 aliphatic heterocycles. The van der Waals surface area contributed by atoms with Crippen LogP contribution in [0.1, 0.15) is 33.9 Å². The third-order valence-electron chi connectivity index (χ3n) is 3.69. The van der Waals surface area contributed by atoms with Crippen LogP contribution in [0.4, 0.5) is 0 Å². The van der Waals surface area contributed by atoms with Gasteiger partial charge in [0.25, 0.3) is 5.91 Å². The minimum Gasteiger partial charge on any atom is -0.345 e. The molecule has 1 aromatic carbocycles. The van der Waals surface area contributed by atoms with Gasteiger partial charge in [0.05, 0.1) is 22.9 Å². The van der Waals surface area contributed by atoms with Crippen LogP contribution >= 0.6 is 22.9 Å². The number of aromatic nitrogens is 2. The summed E-state index contributed by atoms with van der Waals surface area (Å²) in [5, 5.41) is 9.70. The van der Waals surface area contributed by atoms with Crippen molar-refractivity contribution in [2.45, 2.75) is 19.9 Å². The average molecular weight is 346 g/mol. The van der Waals surface area contributed by atoms with Crippen molar-refractivity contribution in [3.8, 4) is 5.69 Å². The molecule has 0 spiro atoms. The van der Waals surface area contributed by atoms with E-state index in [0.29, 0.717) is 9.90 Å². The van der Waals surface area contributed by atoms with E-state index in [4.69, 9.17) is 11.6 Å². The summed E-state index contributed by atoms with van der Waals surface area (Å²) in [6.07, 6.45) is 1.79. The average Bonchev–Trinajstić information content (AvgIpc) is 3.14. The van der Waals surface area contributed by atoms with Crippen molar-refractivity contribution in [1.82, 2.24) is 15.1 Å². The van der Waals surface area contributed by atoms with Crippen molar-refractivity contribution < 1.29 is 4.79 Å². The van der Waals surface area contributed by atoms with Gasteiger partial charge in [0.15, 0.2) is 0 Å². The van der Waals surface area contributed by atoms with Crippen LogP contribution in [0, 0.1) is 6.92 Å². The lowest BCUT2D eigenvalue weighted by atomic mass is 10.1. The molecule has 0 aliphatic carbocycles. The summed E-state index contributed by atoms with van der Waals surface area (Å²) in [6, 6.07) is 11.5. The smallest absolute Gasteiger partial charge is 0.263 e. The molecule has 118 valence electrons. The zero-order valence-electron chi connectivity index (χ0n) is 12.8. The van der Waals surface area contributed by atoms with Gasteiger partial charge in [-0.3, -0.25) is 4.79 Å². The van der Waals surface area contributed by atoms with Crippen molar-refractivity contribution in [3.05, 3.63) is 69.1 Å². The molecule has 2 aromatic heterocycles. The molecule has 0 saturated carbocycles. The van der Waals surface area contributed by atoms with Gasteiger partial charge in [-0.15, -0.1) is 11.3 Å². The fraction of sp³-hybridized carbons (Fsp3) is 0.176. The predicted octanol–water partition coefficient (Wildman–Crippen LogP) is 4.39. The van der Waals surface area contributed by atoms with E-state index in [2.05, 4.69) is 10.4 Å². The molecule has 0 radical (unpaired) electrons. The van der Waals surface area contributed by atoms with E-state index in [0.717, 1.165) is 16.9 Å². The van der Waals surface area contributed by atoms with Crippen LogP contribution in [0.25, 0.3) is 5.69 Å². The molecule has 1 atom stereocenters. The number of amides is 1. The van der Waals surface area contributed by atoms with E-state index in [9.17, 15) is 4.79 Å². The largest absolute Gasteiger partial charge is 0.345 e. The lowest BCUT2D eigenvalue weighted by molar-refractivity contribution is 0.0944. The number of hydrogen-bond acceptors (Lipinski definition) is 3. The van der Waals surface area contributed by atoms with Crippen LogP contribution in [-0.4, -0.2) is 15.7 Å². The van der Waals surface area contributed by atoms with Crippen LogP contribution in [0.5, 0.6) is 0 Å². The van der Waals surface area contributed by atoms with E-state index in [1.807, 2.05) is 48.9 Å². The first-order chi connectivity index (χ1) is 11.1. The van der Waals surface area contributed by atoms with Crippen molar-refractivity contribution in [1.29, 1.82) is 0 Å². The van der Waals surface area contributed by atoms with Gasteiger partial charge in [0, 0.05) is 11.3 Å². The molecule has 0 aliphatic rings. The molecule has 2 heterocycles. The van der Waals surface area contributed by atoms with Crippen molar-refractivity contribution in [2.75, 3.05) is 0 Å². The zero-order valence-corrected chi connectivity index (χ0v) is 14.4. The first-order valence-corrected chi connectivity index (χ1v) is 8.47. The lowest BCUT2D eigenvalue weighted by Crippen LogP contribution is -2.26. The van der Waals surface area contributed by atoms with Gasteiger partial charge in [-0.05, 0) is 37.4 Å². The monoisotopic (exact) mass is 345 g/mol. The Morgan fingerprint density at radius 3 is 2.70 bits per heavy atom. The summed E-state index contributed by atoms with van der Waals surface area (Å²) < 4.78 is 1.87. The summed E-state index contributed by atoms with van der Waals surface area (Å²) in [4.78, 5) is 12.8. The van der Waals surface area contributed by atoms with Crippen molar-refractivity contribution >= 4 is 28.8 Å². The van der Waals surface area contributed by atoms with Gasteiger partial charge in [-0.1, -0.05) is 29.8 Å². The number of para-hydroxylation sites is 1. The van der Waals surface area contributed by atoms with Gasteiger partial charge in [0.2, 0.25) is 0 Å². The van der Waals surface area contributed by atoms with Crippen molar-refractivity contribution in [3.63, 3.8) is 0 Å². The second kappa shape index (κ2) is 6.56. The first-order valence-electron chi connectivity index (χ1n) is 7.21. The Hall–Kier alpha value is -2.11. The highest BCUT2D eigenvalue weighted by molar-refractivity contribution is 7.12. The Kier molecular flexibility index (Phi) is 4.50. The minimum absolute atomic E-state index is 0.155. The maximum Gasteiger partial charge on any atom is 0.263 e. The Morgan fingerprint density at radius 1 is 1.30 bits per heavy atom. The van der Waals surface area contributed by atoms with Gasteiger partial charge in [0.1, 0.15) is 4.88 Å². The topological polar surface area (TPSA) is 46.9 Å². The fourth-order valence-electron chi connectivity index (χ4n) is 2.47. The number of rotatable bonds is 4. The molecule has 0 bridgehead atoms. The summed E-state index contributed by atoms with van der Waals surface area (Å²) in [7, 11) is 0. The van der Waals surface area contributed by atoms with E-state index in [-0.39, 0.29) is 11.9 Å². The molecule has 3 aromatic rings. The summed E-state index contributed by atoms with van der Waals surface area (Å²) in [6.45, 7) is 3.94. The standard InChI is InChI=1S/C17H16ClN3OS/c1-11(20-17(22)16-15(18)8-9-23-16)14-10-19-21(12(14)2)13-6-4-3-5-7-13/h3-11H,1-2H3,(H,20,22)/t11-/m1/s1. The number of carbonyl (C=O) groups is 1. The molecular weight excluding hydrogens is 330 g/mol. The molecule has 6 heteroatoms. The van der Waals surface area contributed by atoms with Crippen molar-refractivity contribution in [2.24, 2.45) is 0 Å². The maximum atomic E-state index is 12.3. The highest BCUT2D eigenvalue weighted by Gasteiger charge is 2.19. The highest BCUT2D eigenvalue weighted by Crippen LogP contribution is 2.24. The molecule has 23 heavy (non-hydrogen) atoms. The third-order valence-corrected chi connectivity index (χ3v) is 5.03. The SMILES string of the molecule is Cc1c([C@@H](C)NC(=O)c2sccc2Cl)cnn1-c1ccccc1. The Bertz CT molecular complexity index is 825. The highest BCUT2D eigenvalue weighted by atomic mass is 35.5. The summed E-state index contributed by atoms with van der Waals surface area (Å²) >= 11 is 7.35. The number of benzene rings is 1.